The van der Waals surface area contributed by atoms with Crippen LogP contribution in [0.2, 0.25) is 0 Å². The molecule has 1 saturated carbocycles. The maximum Gasteiger partial charge on any atom is 0.0318 e. The number of nitrogens with zero attached hydrogens (tertiary/aromatic N) is 1. The first-order valence-corrected chi connectivity index (χ1v) is 5.35. The van der Waals surface area contributed by atoms with Crippen molar-refractivity contribution in [2.75, 3.05) is 0 Å². The zero-order valence-electron chi connectivity index (χ0n) is 9.12. The van der Waals surface area contributed by atoms with Gasteiger partial charge in [0.1, 0.15) is 0 Å². The molecule has 2 rings (SSSR count). The van der Waals surface area contributed by atoms with E-state index in [1.54, 1.807) is 0 Å². The van der Waals surface area contributed by atoms with E-state index in [2.05, 4.69) is 37.1 Å². The summed E-state index contributed by atoms with van der Waals surface area (Å²) in [6.07, 6.45) is 5.15. The van der Waals surface area contributed by atoms with Gasteiger partial charge in [-0.15, -0.1) is 0 Å². The van der Waals surface area contributed by atoms with Gasteiger partial charge in [0.05, 0.1) is 0 Å². The predicted octanol–water partition coefficient (Wildman–Crippen LogP) is 2.45. The Balaban J connectivity index is 2.03. The highest BCUT2D eigenvalue weighted by Gasteiger charge is 2.33. The van der Waals surface area contributed by atoms with Crippen molar-refractivity contribution in [1.82, 2.24) is 10.3 Å². The second kappa shape index (κ2) is 3.70. The van der Waals surface area contributed by atoms with Crippen LogP contribution < -0.4 is 5.32 Å². The van der Waals surface area contributed by atoms with Crippen molar-refractivity contribution in [3.05, 3.63) is 29.6 Å². The third kappa shape index (κ3) is 1.95. The molecule has 1 aliphatic carbocycles. The summed E-state index contributed by atoms with van der Waals surface area (Å²) in [4.78, 5) is 4.17. The molecular formula is C12H18N2. The fourth-order valence-electron chi connectivity index (χ4n) is 1.89. The number of nitrogens with one attached hydrogen (secondary N) is 1. The number of hydrogen-bond acceptors (Lipinski definition) is 2. The van der Waals surface area contributed by atoms with E-state index in [0.29, 0.717) is 6.04 Å². The van der Waals surface area contributed by atoms with Gasteiger partial charge in [-0.3, -0.25) is 4.98 Å². The molecule has 0 spiro atoms. The van der Waals surface area contributed by atoms with Crippen molar-refractivity contribution >= 4 is 0 Å². The molecule has 1 N–H and O–H groups in total. The Morgan fingerprint density at radius 1 is 1.57 bits per heavy atom. The summed E-state index contributed by atoms with van der Waals surface area (Å²) in [6.45, 7) is 6.65. The lowest BCUT2D eigenvalue weighted by Gasteiger charge is -2.15. The standard InChI is InChI=1S/C12H18N2/c1-8-4-5-13-7-11(8)10(3)14-12-6-9(12)2/h4-5,7,9-10,12,14H,6H2,1-3H3/t9-,10?,12-/m1/s1. The Hall–Kier alpha value is -0.890. The molecule has 1 aromatic rings. The quantitative estimate of drug-likeness (QED) is 0.792. The Labute approximate surface area is 85.7 Å². The molecule has 0 saturated heterocycles. The fraction of sp³-hybridized carbons (Fsp3) is 0.583. The summed E-state index contributed by atoms with van der Waals surface area (Å²) in [5.74, 6) is 0.856. The maximum atomic E-state index is 4.17. The Morgan fingerprint density at radius 2 is 2.29 bits per heavy atom. The Bertz CT molecular complexity index is 322. The minimum absolute atomic E-state index is 0.429. The van der Waals surface area contributed by atoms with Crippen LogP contribution in [0.4, 0.5) is 0 Å². The molecule has 14 heavy (non-hydrogen) atoms. The molecule has 76 valence electrons. The van der Waals surface area contributed by atoms with E-state index >= 15 is 0 Å². The van der Waals surface area contributed by atoms with Gasteiger partial charge in [0.2, 0.25) is 0 Å². The van der Waals surface area contributed by atoms with Gasteiger partial charge in [0, 0.05) is 24.5 Å². The zero-order chi connectivity index (χ0) is 10.1. The first-order chi connectivity index (χ1) is 6.68. The lowest BCUT2D eigenvalue weighted by atomic mass is 10.1. The average molecular weight is 190 g/mol. The molecule has 0 aromatic carbocycles. The van der Waals surface area contributed by atoms with E-state index in [9.17, 15) is 0 Å². The minimum Gasteiger partial charge on any atom is -0.307 e. The number of aromatic nitrogens is 1. The van der Waals surface area contributed by atoms with Crippen molar-refractivity contribution in [3.63, 3.8) is 0 Å². The molecule has 0 bridgehead atoms. The third-order valence-electron chi connectivity index (χ3n) is 3.12. The second-order valence-electron chi connectivity index (χ2n) is 4.44. The summed E-state index contributed by atoms with van der Waals surface area (Å²) in [6, 6.07) is 3.23. The van der Waals surface area contributed by atoms with Gasteiger partial charge in [-0.2, -0.15) is 0 Å². The van der Waals surface area contributed by atoms with Crippen LogP contribution >= 0.6 is 0 Å². The van der Waals surface area contributed by atoms with E-state index in [4.69, 9.17) is 0 Å². The summed E-state index contributed by atoms with van der Waals surface area (Å²) >= 11 is 0. The zero-order valence-corrected chi connectivity index (χ0v) is 9.12. The maximum absolute atomic E-state index is 4.17. The van der Waals surface area contributed by atoms with E-state index in [1.807, 2.05) is 12.4 Å². The van der Waals surface area contributed by atoms with E-state index in [1.165, 1.54) is 17.5 Å². The van der Waals surface area contributed by atoms with Gasteiger partial charge < -0.3 is 5.32 Å². The van der Waals surface area contributed by atoms with Gasteiger partial charge in [-0.05, 0) is 43.4 Å². The highest BCUT2D eigenvalue weighted by atomic mass is 15.0. The smallest absolute Gasteiger partial charge is 0.0318 e. The van der Waals surface area contributed by atoms with E-state index < -0.39 is 0 Å². The van der Waals surface area contributed by atoms with Crippen LogP contribution in [0, 0.1) is 12.8 Å². The van der Waals surface area contributed by atoms with Crippen molar-refractivity contribution in [2.24, 2.45) is 5.92 Å². The SMILES string of the molecule is Cc1ccncc1C(C)N[C@@H]1C[C@H]1C. The third-order valence-corrected chi connectivity index (χ3v) is 3.12. The first kappa shape index (κ1) is 9.66. The fourth-order valence-corrected chi connectivity index (χ4v) is 1.89. The molecule has 2 nitrogen and oxygen atoms in total. The van der Waals surface area contributed by atoms with Gasteiger partial charge in [-0.1, -0.05) is 6.92 Å². The molecule has 1 aliphatic rings. The van der Waals surface area contributed by atoms with Crippen LogP contribution in [-0.4, -0.2) is 11.0 Å². The summed E-state index contributed by atoms with van der Waals surface area (Å²) < 4.78 is 0. The molecule has 2 heteroatoms. The van der Waals surface area contributed by atoms with E-state index in [0.717, 1.165) is 12.0 Å². The number of pyridine rings is 1. The normalized spacial score (nSPS) is 27.4. The second-order valence-corrected chi connectivity index (χ2v) is 4.44. The van der Waals surface area contributed by atoms with Crippen molar-refractivity contribution in [3.8, 4) is 0 Å². The molecule has 0 amide bonds. The summed E-state index contributed by atoms with van der Waals surface area (Å²) in [5, 5.41) is 3.62. The summed E-state index contributed by atoms with van der Waals surface area (Å²) in [7, 11) is 0. The van der Waals surface area contributed by atoms with Crippen LogP contribution in [0.1, 0.15) is 37.4 Å². The number of hydrogen-bond donors (Lipinski definition) is 1. The largest absolute Gasteiger partial charge is 0.307 e. The number of aryl methyl sites for hydroxylation is 1. The van der Waals surface area contributed by atoms with Crippen LogP contribution in [0.25, 0.3) is 0 Å². The molecular weight excluding hydrogens is 172 g/mol. The number of rotatable bonds is 3. The van der Waals surface area contributed by atoms with Gasteiger partial charge in [0.15, 0.2) is 0 Å². The highest BCUT2D eigenvalue weighted by Crippen LogP contribution is 2.31. The van der Waals surface area contributed by atoms with Crippen molar-refractivity contribution in [1.29, 1.82) is 0 Å². The molecule has 0 radical (unpaired) electrons. The van der Waals surface area contributed by atoms with Crippen LogP contribution in [0.15, 0.2) is 18.5 Å². The molecule has 1 fully saturated rings. The van der Waals surface area contributed by atoms with Crippen LogP contribution in [0.3, 0.4) is 0 Å². The van der Waals surface area contributed by atoms with Crippen LogP contribution in [0.5, 0.6) is 0 Å². The molecule has 1 aromatic heterocycles. The highest BCUT2D eigenvalue weighted by molar-refractivity contribution is 5.24. The molecule has 1 heterocycles. The molecule has 3 atom stereocenters. The minimum atomic E-state index is 0.429. The monoisotopic (exact) mass is 190 g/mol. The van der Waals surface area contributed by atoms with Gasteiger partial charge >= 0.3 is 0 Å². The predicted molar refractivity (Wildman–Crippen MR) is 58.1 cm³/mol. The Morgan fingerprint density at radius 3 is 2.86 bits per heavy atom. The average Bonchev–Trinajstić information content (AvgIpc) is 2.82. The van der Waals surface area contributed by atoms with Gasteiger partial charge in [0.25, 0.3) is 0 Å². The van der Waals surface area contributed by atoms with Crippen molar-refractivity contribution < 1.29 is 0 Å². The van der Waals surface area contributed by atoms with Gasteiger partial charge in [-0.25, -0.2) is 0 Å². The van der Waals surface area contributed by atoms with Crippen LogP contribution in [-0.2, 0) is 0 Å². The summed E-state index contributed by atoms with van der Waals surface area (Å²) in [5.41, 5.74) is 2.65. The lowest BCUT2D eigenvalue weighted by molar-refractivity contribution is 0.548. The lowest BCUT2D eigenvalue weighted by Crippen LogP contribution is -2.22. The topological polar surface area (TPSA) is 24.9 Å². The van der Waals surface area contributed by atoms with Crippen molar-refractivity contribution in [2.45, 2.75) is 39.3 Å². The molecule has 1 unspecified atom stereocenters. The first-order valence-electron chi connectivity index (χ1n) is 5.35. The van der Waals surface area contributed by atoms with E-state index in [-0.39, 0.29) is 0 Å². The molecule has 0 aliphatic heterocycles. The Kier molecular flexibility index (Phi) is 2.55.